The predicted molar refractivity (Wildman–Crippen MR) is 58.9 cm³/mol. The molecule has 6 heteroatoms. The van der Waals surface area contributed by atoms with Gasteiger partial charge in [-0.3, -0.25) is 0 Å². The Balaban J connectivity index is 2.23. The first kappa shape index (κ1) is 8.78. The van der Waals surface area contributed by atoms with Crippen LogP contribution in [0.5, 0.6) is 0 Å². The van der Waals surface area contributed by atoms with E-state index in [9.17, 15) is 0 Å². The van der Waals surface area contributed by atoms with Gasteiger partial charge in [0.1, 0.15) is 0 Å². The smallest absolute Gasteiger partial charge is 0.246 e. The van der Waals surface area contributed by atoms with E-state index in [-0.39, 0.29) is 5.95 Å². The average molecular weight is 212 g/mol. The molecule has 0 spiro atoms. The fourth-order valence-corrected chi connectivity index (χ4v) is 1.53. The van der Waals surface area contributed by atoms with E-state index in [0.29, 0.717) is 5.82 Å². The van der Waals surface area contributed by atoms with Crippen LogP contribution in [0.2, 0.25) is 0 Å². The lowest BCUT2D eigenvalue weighted by Crippen LogP contribution is -2.04. The normalized spacial score (nSPS) is 10.8. The summed E-state index contributed by atoms with van der Waals surface area (Å²) < 4.78 is 1.40. The Morgan fingerprint density at radius 3 is 2.75 bits per heavy atom. The van der Waals surface area contributed by atoms with Gasteiger partial charge in [-0.25, -0.2) is 4.98 Å². The van der Waals surface area contributed by atoms with Gasteiger partial charge in [-0.05, 0) is 28.6 Å². The molecule has 16 heavy (non-hydrogen) atoms. The van der Waals surface area contributed by atoms with Gasteiger partial charge >= 0.3 is 0 Å². The summed E-state index contributed by atoms with van der Waals surface area (Å²) in [4.78, 5) is 4.42. The first-order chi connectivity index (χ1) is 7.84. The highest BCUT2D eigenvalue weighted by Crippen LogP contribution is 2.14. The van der Waals surface area contributed by atoms with Crippen molar-refractivity contribution in [2.24, 2.45) is 0 Å². The maximum absolute atomic E-state index is 5.60. The van der Waals surface area contributed by atoms with Gasteiger partial charge in [-0.15, -0.1) is 0 Å². The fraction of sp³-hybridized carbons (Fsp3) is 0. The van der Waals surface area contributed by atoms with Crippen LogP contribution in [0.15, 0.2) is 36.4 Å². The number of nitrogens with zero attached hydrogens (tertiary/aromatic N) is 5. The summed E-state index contributed by atoms with van der Waals surface area (Å²) in [5, 5.41) is 11.9. The van der Waals surface area contributed by atoms with Crippen LogP contribution in [-0.4, -0.2) is 25.2 Å². The highest BCUT2D eigenvalue weighted by Gasteiger charge is 2.05. The van der Waals surface area contributed by atoms with Crippen molar-refractivity contribution >= 4 is 16.9 Å². The fourth-order valence-electron chi connectivity index (χ4n) is 1.53. The number of anilines is 1. The SMILES string of the molecule is Nc1nnnn1-c1ccc2ccccc2n1. The van der Waals surface area contributed by atoms with Crippen LogP contribution in [-0.2, 0) is 0 Å². The van der Waals surface area contributed by atoms with E-state index in [4.69, 9.17) is 5.73 Å². The van der Waals surface area contributed by atoms with Crippen LogP contribution in [0.25, 0.3) is 16.7 Å². The quantitative estimate of drug-likeness (QED) is 0.644. The molecule has 2 heterocycles. The summed E-state index contributed by atoms with van der Waals surface area (Å²) in [5.41, 5.74) is 6.49. The van der Waals surface area contributed by atoms with Crippen LogP contribution < -0.4 is 5.73 Å². The molecular formula is C10H8N6. The monoisotopic (exact) mass is 212 g/mol. The number of tetrazole rings is 1. The molecule has 3 rings (SSSR count). The van der Waals surface area contributed by atoms with Gasteiger partial charge < -0.3 is 5.73 Å². The van der Waals surface area contributed by atoms with Gasteiger partial charge in [0.2, 0.25) is 5.95 Å². The van der Waals surface area contributed by atoms with Gasteiger partial charge in [0.05, 0.1) is 5.52 Å². The van der Waals surface area contributed by atoms with Crippen LogP contribution >= 0.6 is 0 Å². The molecule has 0 saturated carbocycles. The highest BCUT2D eigenvalue weighted by molar-refractivity contribution is 5.79. The first-order valence-electron chi connectivity index (χ1n) is 4.74. The van der Waals surface area contributed by atoms with Gasteiger partial charge in [0.15, 0.2) is 5.82 Å². The van der Waals surface area contributed by atoms with Crippen molar-refractivity contribution in [3.63, 3.8) is 0 Å². The summed E-state index contributed by atoms with van der Waals surface area (Å²) in [6.45, 7) is 0. The van der Waals surface area contributed by atoms with E-state index < -0.39 is 0 Å². The molecule has 1 aromatic carbocycles. The second kappa shape index (κ2) is 3.27. The molecule has 0 atom stereocenters. The number of nitrogen functional groups attached to an aromatic ring is 1. The zero-order chi connectivity index (χ0) is 11.0. The molecule has 2 aromatic heterocycles. The van der Waals surface area contributed by atoms with E-state index in [1.54, 1.807) is 0 Å². The molecule has 3 aromatic rings. The Morgan fingerprint density at radius 2 is 1.94 bits per heavy atom. The Morgan fingerprint density at radius 1 is 1.06 bits per heavy atom. The Kier molecular flexibility index (Phi) is 1.79. The highest BCUT2D eigenvalue weighted by atomic mass is 15.6. The van der Waals surface area contributed by atoms with Gasteiger partial charge in [-0.1, -0.05) is 23.3 Å². The third-order valence-corrected chi connectivity index (χ3v) is 2.29. The van der Waals surface area contributed by atoms with Crippen LogP contribution in [0, 0.1) is 0 Å². The number of para-hydroxylation sites is 1. The van der Waals surface area contributed by atoms with Crippen molar-refractivity contribution in [3.05, 3.63) is 36.4 Å². The third kappa shape index (κ3) is 1.28. The Labute approximate surface area is 90.7 Å². The number of benzene rings is 1. The van der Waals surface area contributed by atoms with Crippen molar-refractivity contribution in [2.75, 3.05) is 5.73 Å². The summed E-state index contributed by atoms with van der Waals surface area (Å²) in [5.74, 6) is 0.837. The zero-order valence-electron chi connectivity index (χ0n) is 8.28. The predicted octanol–water partition coefficient (Wildman–Crippen LogP) is 0.793. The largest absolute Gasteiger partial charge is 0.366 e. The number of hydrogen-bond acceptors (Lipinski definition) is 5. The summed E-state index contributed by atoms with van der Waals surface area (Å²) in [7, 11) is 0. The molecule has 0 aliphatic rings. The maximum atomic E-state index is 5.60. The van der Waals surface area contributed by atoms with Crippen LogP contribution in [0.3, 0.4) is 0 Å². The lowest BCUT2D eigenvalue weighted by Gasteiger charge is -2.02. The Hall–Kier alpha value is -2.50. The molecule has 0 amide bonds. The lowest BCUT2D eigenvalue weighted by atomic mass is 10.2. The zero-order valence-corrected chi connectivity index (χ0v) is 8.28. The van der Waals surface area contributed by atoms with E-state index >= 15 is 0 Å². The third-order valence-electron chi connectivity index (χ3n) is 2.29. The maximum Gasteiger partial charge on any atom is 0.246 e. The molecule has 2 N–H and O–H groups in total. The molecule has 78 valence electrons. The van der Waals surface area contributed by atoms with E-state index in [1.807, 2.05) is 36.4 Å². The minimum absolute atomic E-state index is 0.225. The number of pyridine rings is 1. The van der Waals surface area contributed by atoms with Crippen molar-refractivity contribution < 1.29 is 0 Å². The van der Waals surface area contributed by atoms with Crippen LogP contribution in [0.4, 0.5) is 5.95 Å². The van der Waals surface area contributed by atoms with Crippen molar-refractivity contribution in [2.45, 2.75) is 0 Å². The van der Waals surface area contributed by atoms with E-state index in [2.05, 4.69) is 20.5 Å². The summed E-state index contributed by atoms with van der Waals surface area (Å²) in [6.07, 6.45) is 0. The molecule has 0 aliphatic heterocycles. The molecule has 0 aliphatic carbocycles. The van der Waals surface area contributed by atoms with Gasteiger partial charge in [-0.2, -0.15) is 4.68 Å². The van der Waals surface area contributed by atoms with Crippen molar-refractivity contribution in [3.8, 4) is 5.82 Å². The molecule has 0 unspecified atom stereocenters. The van der Waals surface area contributed by atoms with Crippen molar-refractivity contribution in [1.29, 1.82) is 0 Å². The minimum atomic E-state index is 0.225. The standard InChI is InChI=1S/C10H8N6/c11-10-13-14-15-16(10)9-6-5-7-3-1-2-4-8(7)12-9/h1-6H,(H2,11,13,15). The topological polar surface area (TPSA) is 82.5 Å². The van der Waals surface area contributed by atoms with Crippen molar-refractivity contribution in [1.82, 2.24) is 25.2 Å². The molecule has 0 saturated heterocycles. The Bertz CT molecular complexity index is 644. The molecule has 6 nitrogen and oxygen atoms in total. The molecular weight excluding hydrogens is 204 g/mol. The second-order valence-corrected chi connectivity index (χ2v) is 3.31. The molecule has 0 bridgehead atoms. The molecule has 0 radical (unpaired) electrons. The van der Waals surface area contributed by atoms with E-state index in [1.165, 1.54) is 4.68 Å². The summed E-state index contributed by atoms with van der Waals surface area (Å²) >= 11 is 0. The number of rotatable bonds is 1. The second-order valence-electron chi connectivity index (χ2n) is 3.31. The average Bonchev–Trinajstić information content (AvgIpc) is 2.75. The minimum Gasteiger partial charge on any atom is -0.366 e. The number of nitrogens with two attached hydrogens (primary N) is 1. The molecule has 0 fully saturated rings. The van der Waals surface area contributed by atoms with Gasteiger partial charge in [0.25, 0.3) is 0 Å². The number of fused-ring (bicyclic) bond motifs is 1. The first-order valence-corrected chi connectivity index (χ1v) is 4.74. The lowest BCUT2D eigenvalue weighted by molar-refractivity contribution is 0.777. The van der Waals surface area contributed by atoms with Crippen LogP contribution in [0.1, 0.15) is 0 Å². The number of aromatic nitrogens is 5. The van der Waals surface area contributed by atoms with Gasteiger partial charge in [0, 0.05) is 5.39 Å². The summed E-state index contributed by atoms with van der Waals surface area (Å²) in [6, 6.07) is 11.6. The number of hydrogen-bond donors (Lipinski definition) is 1. The van der Waals surface area contributed by atoms with E-state index in [0.717, 1.165) is 10.9 Å².